The summed E-state index contributed by atoms with van der Waals surface area (Å²) >= 11 is 0. The van der Waals surface area contributed by atoms with E-state index in [4.69, 9.17) is 5.73 Å². The van der Waals surface area contributed by atoms with Gasteiger partial charge in [0.05, 0.1) is 30.0 Å². The maximum Gasteiger partial charge on any atom is 0.130 e. The minimum Gasteiger partial charge on any atom is -0.397 e. The fourth-order valence-corrected chi connectivity index (χ4v) is 0.991. The maximum atomic E-state index is 5.51. The first-order valence-corrected chi connectivity index (χ1v) is 4.08. The zero-order valence-electron chi connectivity index (χ0n) is 7.38. The van der Waals surface area contributed by atoms with E-state index in [1.54, 1.807) is 30.7 Å². The largest absolute Gasteiger partial charge is 0.397 e. The lowest BCUT2D eigenvalue weighted by molar-refractivity contribution is 1.16. The molecule has 0 aliphatic carbocycles. The van der Waals surface area contributed by atoms with Gasteiger partial charge in [-0.25, -0.2) is 15.0 Å². The number of hydrogen-bond acceptors (Lipinski definition) is 5. The second-order valence-corrected chi connectivity index (χ2v) is 2.73. The summed E-state index contributed by atoms with van der Waals surface area (Å²) in [5.74, 6) is 0.717. The summed E-state index contributed by atoms with van der Waals surface area (Å²) in [5.41, 5.74) is 6.94. The van der Waals surface area contributed by atoms with Crippen LogP contribution in [0.2, 0.25) is 0 Å². The monoisotopic (exact) mass is 187 g/mol. The topological polar surface area (TPSA) is 76.7 Å². The SMILES string of the molecule is Nc1ccc(Nc2cncnc2)nc1. The van der Waals surface area contributed by atoms with Crippen molar-refractivity contribution >= 4 is 17.2 Å². The Kier molecular flexibility index (Phi) is 2.22. The van der Waals surface area contributed by atoms with Crippen LogP contribution in [0.25, 0.3) is 0 Å². The van der Waals surface area contributed by atoms with Crippen LogP contribution in [0.5, 0.6) is 0 Å². The second-order valence-electron chi connectivity index (χ2n) is 2.73. The van der Waals surface area contributed by atoms with Gasteiger partial charge >= 0.3 is 0 Å². The summed E-state index contributed by atoms with van der Waals surface area (Å²) in [6.45, 7) is 0. The molecule has 70 valence electrons. The summed E-state index contributed by atoms with van der Waals surface area (Å²) in [7, 11) is 0. The molecule has 0 saturated carbocycles. The Labute approximate surface area is 81.0 Å². The van der Waals surface area contributed by atoms with Gasteiger partial charge in [-0.05, 0) is 12.1 Å². The highest BCUT2D eigenvalue weighted by atomic mass is 15.0. The van der Waals surface area contributed by atoms with Crippen LogP contribution >= 0.6 is 0 Å². The van der Waals surface area contributed by atoms with Crippen LogP contribution in [0.4, 0.5) is 17.2 Å². The molecule has 0 aliphatic rings. The first-order chi connectivity index (χ1) is 6.84. The van der Waals surface area contributed by atoms with Gasteiger partial charge in [-0.15, -0.1) is 0 Å². The van der Waals surface area contributed by atoms with E-state index in [0.29, 0.717) is 11.5 Å². The van der Waals surface area contributed by atoms with Crippen molar-refractivity contribution < 1.29 is 0 Å². The van der Waals surface area contributed by atoms with Gasteiger partial charge in [0, 0.05) is 0 Å². The molecule has 0 atom stereocenters. The Morgan fingerprint density at radius 3 is 2.50 bits per heavy atom. The van der Waals surface area contributed by atoms with Gasteiger partial charge in [0.15, 0.2) is 0 Å². The maximum absolute atomic E-state index is 5.51. The second kappa shape index (κ2) is 3.69. The van der Waals surface area contributed by atoms with Crippen LogP contribution in [-0.2, 0) is 0 Å². The third kappa shape index (κ3) is 1.95. The average molecular weight is 187 g/mol. The van der Waals surface area contributed by atoms with Crippen molar-refractivity contribution in [2.75, 3.05) is 11.1 Å². The van der Waals surface area contributed by atoms with E-state index >= 15 is 0 Å². The average Bonchev–Trinajstić information content (AvgIpc) is 2.23. The van der Waals surface area contributed by atoms with Crippen LogP contribution in [0.1, 0.15) is 0 Å². The third-order valence-corrected chi connectivity index (χ3v) is 1.62. The summed E-state index contributed by atoms with van der Waals surface area (Å²) in [5, 5.41) is 3.04. The molecule has 2 heterocycles. The van der Waals surface area contributed by atoms with Gasteiger partial charge in [0.25, 0.3) is 0 Å². The molecule has 0 unspecified atom stereocenters. The minimum absolute atomic E-state index is 0.639. The summed E-state index contributed by atoms with van der Waals surface area (Å²) < 4.78 is 0. The first-order valence-electron chi connectivity index (χ1n) is 4.08. The van der Waals surface area contributed by atoms with Crippen molar-refractivity contribution in [3.8, 4) is 0 Å². The molecule has 0 saturated heterocycles. The number of anilines is 3. The van der Waals surface area contributed by atoms with Gasteiger partial charge in [-0.3, -0.25) is 0 Å². The molecule has 0 radical (unpaired) electrons. The molecule has 2 aromatic heterocycles. The molecule has 5 nitrogen and oxygen atoms in total. The number of hydrogen-bond donors (Lipinski definition) is 2. The van der Waals surface area contributed by atoms with Crippen LogP contribution < -0.4 is 11.1 Å². The molecular formula is C9H9N5. The lowest BCUT2D eigenvalue weighted by atomic mass is 10.4. The molecule has 3 N–H and O–H groups in total. The van der Waals surface area contributed by atoms with Gasteiger partial charge in [-0.2, -0.15) is 0 Å². The highest BCUT2D eigenvalue weighted by Crippen LogP contribution is 2.12. The molecule has 0 amide bonds. The molecule has 0 bridgehead atoms. The number of nitrogens with two attached hydrogens (primary N) is 1. The number of rotatable bonds is 2. The zero-order chi connectivity index (χ0) is 9.80. The number of aromatic nitrogens is 3. The van der Waals surface area contributed by atoms with Gasteiger partial charge in [0.2, 0.25) is 0 Å². The predicted molar refractivity (Wildman–Crippen MR) is 54.0 cm³/mol. The van der Waals surface area contributed by atoms with Gasteiger partial charge in [0.1, 0.15) is 12.1 Å². The lowest BCUT2D eigenvalue weighted by Gasteiger charge is -2.03. The van der Waals surface area contributed by atoms with Crippen LogP contribution in [-0.4, -0.2) is 15.0 Å². The van der Waals surface area contributed by atoms with E-state index in [2.05, 4.69) is 20.3 Å². The van der Waals surface area contributed by atoms with Crippen molar-refractivity contribution in [1.82, 2.24) is 15.0 Å². The fraction of sp³-hybridized carbons (Fsp3) is 0. The van der Waals surface area contributed by atoms with Crippen molar-refractivity contribution in [2.24, 2.45) is 0 Å². The molecule has 14 heavy (non-hydrogen) atoms. The van der Waals surface area contributed by atoms with E-state index in [-0.39, 0.29) is 0 Å². The fourth-order valence-electron chi connectivity index (χ4n) is 0.991. The van der Waals surface area contributed by atoms with Crippen molar-refractivity contribution in [3.05, 3.63) is 37.1 Å². The number of nitrogens with zero attached hydrogens (tertiary/aromatic N) is 3. The Balaban J connectivity index is 2.16. The molecule has 2 rings (SSSR count). The van der Waals surface area contributed by atoms with Gasteiger partial charge in [-0.1, -0.05) is 0 Å². The Bertz CT molecular complexity index is 397. The molecule has 5 heteroatoms. The predicted octanol–water partition coefficient (Wildman–Crippen LogP) is 1.20. The normalized spacial score (nSPS) is 9.71. The Morgan fingerprint density at radius 2 is 1.86 bits per heavy atom. The van der Waals surface area contributed by atoms with Crippen molar-refractivity contribution in [1.29, 1.82) is 0 Å². The molecular weight excluding hydrogens is 178 g/mol. The summed E-state index contributed by atoms with van der Waals surface area (Å²) in [4.78, 5) is 11.8. The number of nitrogens with one attached hydrogen (secondary N) is 1. The quantitative estimate of drug-likeness (QED) is 0.738. The van der Waals surface area contributed by atoms with Crippen LogP contribution in [0.3, 0.4) is 0 Å². The van der Waals surface area contributed by atoms with Crippen molar-refractivity contribution in [3.63, 3.8) is 0 Å². The minimum atomic E-state index is 0.639. The highest BCUT2D eigenvalue weighted by molar-refractivity contribution is 5.55. The Morgan fingerprint density at radius 1 is 1.07 bits per heavy atom. The standard InChI is InChI=1S/C9H9N5/c10-7-1-2-9(13-3-7)14-8-4-11-6-12-5-8/h1-6H,10H2,(H,13,14). The molecule has 2 aromatic rings. The van der Waals surface area contributed by atoms with E-state index in [1.807, 2.05) is 0 Å². The summed E-state index contributed by atoms with van der Waals surface area (Å²) in [6.07, 6.45) is 6.41. The molecule has 0 aromatic carbocycles. The van der Waals surface area contributed by atoms with E-state index in [9.17, 15) is 0 Å². The smallest absolute Gasteiger partial charge is 0.130 e. The molecule has 0 spiro atoms. The third-order valence-electron chi connectivity index (χ3n) is 1.62. The Hall–Kier alpha value is -2.17. The van der Waals surface area contributed by atoms with E-state index in [1.165, 1.54) is 6.33 Å². The number of pyridine rings is 1. The zero-order valence-corrected chi connectivity index (χ0v) is 7.38. The molecule has 0 aliphatic heterocycles. The number of nitrogen functional groups attached to an aromatic ring is 1. The van der Waals surface area contributed by atoms with Crippen LogP contribution in [0.15, 0.2) is 37.1 Å². The van der Waals surface area contributed by atoms with Gasteiger partial charge < -0.3 is 11.1 Å². The van der Waals surface area contributed by atoms with Crippen molar-refractivity contribution in [2.45, 2.75) is 0 Å². The van der Waals surface area contributed by atoms with E-state index in [0.717, 1.165) is 5.69 Å². The highest BCUT2D eigenvalue weighted by Gasteiger charge is 1.94. The lowest BCUT2D eigenvalue weighted by Crippen LogP contribution is -1.95. The van der Waals surface area contributed by atoms with E-state index < -0.39 is 0 Å². The molecule has 0 fully saturated rings. The first kappa shape index (κ1) is 8.43. The summed E-state index contributed by atoms with van der Waals surface area (Å²) in [6, 6.07) is 3.57. The van der Waals surface area contributed by atoms with Crippen LogP contribution in [0, 0.1) is 0 Å².